The predicted octanol–water partition coefficient (Wildman–Crippen LogP) is 7.19. The van der Waals surface area contributed by atoms with E-state index in [1.54, 1.807) is 14.2 Å². The molecule has 55 heavy (non-hydrogen) atoms. The van der Waals surface area contributed by atoms with E-state index in [0.29, 0.717) is 29.2 Å². The van der Waals surface area contributed by atoms with E-state index >= 15 is 0 Å². The number of hydrogen-bond donors (Lipinski definition) is 3. The van der Waals surface area contributed by atoms with Gasteiger partial charge in [-0.05, 0) is 53.6 Å². The first kappa shape index (κ1) is 40.6. The summed E-state index contributed by atoms with van der Waals surface area (Å²) in [6.07, 6.45) is 0.173. The molecule has 3 fully saturated rings. The molecule has 300 valence electrons. The Hall–Kier alpha value is -4.01. The van der Waals surface area contributed by atoms with Crippen LogP contribution in [0.1, 0.15) is 68.9 Å². The highest BCUT2D eigenvalue weighted by atomic mass is 19.4. The molecule has 14 heteroatoms. The highest BCUT2D eigenvalue weighted by Gasteiger charge is 2.45. The number of nitrogens with one attached hydrogen (secondary N) is 2. The zero-order valence-electron chi connectivity index (χ0n) is 31.5. The number of ether oxygens (including phenoxy) is 2. The molecule has 6 rings (SSSR count). The van der Waals surface area contributed by atoms with Gasteiger partial charge in [-0.1, -0.05) is 61.7 Å². The first-order valence-corrected chi connectivity index (χ1v) is 19.2. The fraction of sp³-hybridized carbons (Fsp3) is 0.561. The van der Waals surface area contributed by atoms with Gasteiger partial charge in [-0.2, -0.15) is 13.2 Å². The van der Waals surface area contributed by atoms with Gasteiger partial charge in [-0.15, -0.1) is 0 Å². The number of nitrogens with zero attached hydrogens (tertiary/aromatic N) is 2. The van der Waals surface area contributed by atoms with E-state index in [2.05, 4.69) is 10.6 Å². The van der Waals surface area contributed by atoms with Gasteiger partial charge >= 0.3 is 12.1 Å². The maximum absolute atomic E-state index is 14.2. The summed E-state index contributed by atoms with van der Waals surface area (Å²) in [5.41, 5.74) is 1.72. The largest absolute Gasteiger partial charge is 0.496 e. The summed E-state index contributed by atoms with van der Waals surface area (Å²) in [5.74, 6) is -3.32. The fourth-order valence-electron chi connectivity index (χ4n) is 8.58. The second-order valence-electron chi connectivity index (χ2n) is 15.3. The van der Waals surface area contributed by atoms with Gasteiger partial charge in [-0.3, -0.25) is 14.6 Å². The van der Waals surface area contributed by atoms with E-state index in [1.807, 2.05) is 53.4 Å². The zero-order valence-corrected chi connectivity index (χ0v) is 31.5. The Morgan fingerprint density at radius 3 is 2.15 bits per heavy atom. The number of halogens is 5. The van der Waals surface area contributed by atoms with Crippen molar-refractivity contribution >= 4 is 22.6 Å². The smallest absolute Gasteiger partial charge is 0.401 e. The van der Waals surface area contributed by atoms with Crippen LogP contribution in [-0.4, -0.2) is 103 Å². The van der Waals surface area contributed by atoms with Crippen LogP contribution in [0.15, 0.2) is 48.5 Å². The highest BCUT2D eigenvalue weighted by molar-refractivity contribution is 6.01. The number of benzene rings is 3. The molecule has 2 heterocycles. The van der Waals surface area contributed by atoms with Crippen molar-refractivity contribution in [3.05, 3.63) is 59.7 Å². The van der Waals surface area contributed by atoms with Crippen molar-refractivity contribution in [2.75, 3.05) is 46.9 Å². The zero-order chi connectivity index (χ0) is 39.4. The van der Waals surface area contributed by atoms with Gasteiger partial charge < -0.3 is 25.2 Å². The van der Waals surface area contributed by atoms with Crippen molar-refractivity contribution in [2.45, 2.75) is 100 Å². The van der Waals surface area contributed by atoms with Gasteiger partial charge in [-0.25, -0.2) is 13.6 Å². The van der Waals surface area contributed by atoms with E-state index in [1.165, 1.54) is 4.90 Å². The Kier molecular flexibility index (Phi) is 12.6. The van der Waals surface area contributed by atoms with Crippen molar-refractivity contribution < 1.29 is 46.1 Å². The number of fused-ring (bicyclic) bond motifs is 1. The molecule has 1 saturated carbocycles. The summed E-state index contributed by atoms with van der Waals surface area (Å²) in [5, 5.41) is 18.3. The van der Waals surface area contributed by atoms with Crippen molar-refractivity contribution in [3.8, 4) is 22.6 Å². The quantitative estimate of drug-likeness (QED) is 0.157. The first-order chi connectivity index (χ1) is 26.2. The monoisotopic (exact) mass is 774 g/mol. The molecule has 9 nitrogen and oxygen atoms in total. The number of carbonyl (C=O) groups is 2. The van der Waals surface area contributed by atoms with Gasteiger partial charge in [0.25, 0.3) is 5.92 Å². The molecular formula is C41H51F5N4O5. The summed E-state index contributed by atoms with van der Waals surface area (Å²) >= 11 is 0. The molecule has 3 aromatic rings. The normalized spacial score (nSPS) is 20.2. The van der Waals surface area contributed by atoms with Gasteiger partial charge in [0, 0.05) is 63.6 Å². The van der Waals surface area contributed by atoms with Gasteiger partial charge in [0.15, 0.2) is 0 Å². The van der Waals surface area contributed by atoms with Crippen LogP contribution >= 0.6 is 0 Å². The third kappa shape index (κ3) is 9.69. The third-order valence-corrected chi connectivity index (χ3v) is 11.5. The van der Waals surface area contributed by atoms with Crippen LogP contribution in [0.2, 0.25) is 0 Å². The minimum absolute atomic E-state index is 0.0190. The third-order valence-electron chi connectivity index (χ3n) is 11.5. The molecule has 0 aromatic heterocycles. The molecule has 0 unspecified atom stereocenters. The van der Waals surface area contributed by atoms with Crippen LogP contribution in [0, 0.1) is 0 Å². The maximum atomic E-state index is 14.2. The van der Waals surface area contributed by atoms with Crippen LogP contribution in [-0.2, 0) is 22.6 Å². The molecule has 0 bridgehead atoms. The van der Waals surface area contributed by atoms with Crippen LogP contribution in [0.25, 0.3) is 21.9 Å². The molecule has 1 aliphatic carbocycles. The standard InChI is InChI=1S/C41H51F5N4O5/c1-54-34-15-14-28(25-49-22-18-40(42,43)19-23-49)36(55-2)35(34)32-13-7-11-30-27(8-6-12-31(30)32)24-33(37(51)52)47-38(53)39(48-29-9-4-3-5-10-29)16-20-50(21-17-39)26-41(44,45)46/h6-8,11-15,29,33,48H,3-5,9-10,16-26H2,1-2H3,(H,47,53)(H,51,52)/t33-/m0/s1. The molecule has 1 atom stereocenters. The summed E-state index contributed by atoms with van der Waals surface area (Å²) in [4.78, 5) is 30.3. The molecule has 1 amide bonds. The first-order valence-electron chi connectivity index (χ1n) is 19.2. The van der Waals surface area contributed by atoms with Gasteiger partial charge in [0.1, 0.15) is 23.1 Å². The molecule has 3 aliphatic rings. The SMILES string of the molecule is COc1ccc(CN2CCC(F)(F)CC2)c(OC)c1-c1cccc2c(C[C@H](NC(=O)C3(NC4CCCCC4)CCN(CC(F)(F)F)CC3)C(=O)O)cccc12. The maximum Gasteiger partial charge on any atom is 0.401 e. The van der Waals surface area contributed by atoms with Gasteiger partial charge in [0.2, 0.25) is 5.91 Å². The predicted molar refractivity (Wildman–Crippen MR) is 200 cm³/mol. The Morgan fingerprint density at radius 1 is 0.855 bits per heavy atom. The van der Waals surface area contributed by atoms with E-state index < -0.39 is 42.1 Å². The Balaban J connectivity index is 1.28. The number of hydrogen-bond acceptors (Lipinski definition) is 7. The minimum Gasteiger partial charge on any atom is -0.496 e. The number of carboxylic acid groups (broad SMARTS) is 1. The second kappa shape index (κ2) is 17.0. The number of alkyl halides is 5. The number of carboxylic acids is 1. The van der Waals surface area contributed by atoms with Gasteiger partial charge in [0.05, 0.1) is 26.3 Å². The molecule has 2 saturated heterocycles. The topological polar surface area (TPSA) is 103 Å². The van der Waals surface area contributed by atoms with Crippen molar-refractivity contribution in [2.24, 2.45) is 0 Å². The van der Waals surface area contributed by atoms with E-state index in [0.717, 1.165) is 54.0 Å². The lowest BCUT2D eigenvalue weighted by molar-refractivity contribution is -0.152. The summed E-state index contributed by atoms with van der Waals surface area (Å²) in [6, 6.07) is 13.6. The van der Waals surface area contributed by atoms with E-state index in [-0.39, 0.29) is 64.3 Å². The summed E-state index contributed by atoms with van der Waals surface area (Å²) in [6.45, 7) is -0.0345. The number of piperidine rings is 2. The van der Waals surface area contributed by atoms with Crippen molar-refractivity contribution in [3.63, 3.8) is 0 Å². The van der Waals surface area contributed by atoms with Crippen LogP contribution < -0.4 is 20.1 Å². The van der Waals surface area contributed by atoms with Crippen LogP contribution in [0.3, 0.4) is 0 Å². The lowest BCUT2D eigenvalue weighted by atomic mass is 9.83. The van der Waals surface area contributed by atoms with Crippen molar-refractivity contribution in [1.82, 2.24) is 20.4 Å². The second-order valence-corrected chi connectivity index (χ2v) is 15.3. The van der Waals surface area contributed by atoms with E-state index in [9.17, 15) is 36.6 Å². The molecule has 3 N–H and O–H groups in total. The molecular weight excluding hydrogens is 723 g/mol. The van der Waals surface area contributed by atoms with Crippen LogP contribution in [0.5, 0.6) is 11.5 Å². The molecule has 3 aromatic carbocycles. The minimum atomic E-state index is -4.36. The highest BCUT2D eigenvalue weighted by Crippen LogP contribution is 2.45. The average Bonchev–Trinajstić information content (AvgIpc) is 3.15. The van der Waals surface area contributed by atoms with Crippen LogP contribution in [0.4, 0.5) is 22.0 Å². The lowest BCUT2D eigenvalue weighted by Gasteiger charge is -2.44. The molecule has 2 aliphatic heterocycles. The lowest BCUT2D eigenvalue weighted by Crippen LogP contribution is -2.66. The fourth-order valence-corrected chi connectivity index (χ4v) is 8.58. The number of methoxy groups -OCH3 is 2. The molecule has 0 spiro atoms. The van der Waals surface area contributed by atoms with Crippen molar-refractivity contribution in [1.29, 1.82) is 0 Å². The number of amides is 1. The number of carbonyl (C=O) groups excluding carboxylic acids is 1. The Morgan fingerprint density at radius 2 is 1.51 bits per heavy atom. The average molecular weight is 775 g/mol. The Bertz CT molecular complexity index is 1810. The summed E-state index contributed by atoms with van der Waals surface area (Å²) < 4.78 is 79.3. The van der Waals surface area contributed by atoms with E-state index in [4.69, 9.17) is 9.47 Å². The summed E-state index contributed by atoms with van der Waals surface area (Å²) in [7, 11) is 3.11. The molecule has 0 radical (unpaired) electrons. The number of aliphatic carboxylic acids is 1. The number of likely N-dealkylation sites (tertiary alicyclic amines) is 2. The number of rotatable bonds is 13. The Labute approximate surface area is 318 Å².